The summed E-state index contributed by atoms with van der Waals surface area (Å²) in [6.45, 7) is 4.97. The van der Waals surface area contributed by atoms with Crippen molar-refractivity contribution in [3.63, 3.8) is 0 Å². The highest BCUT2D eigenvalue weighted by Gasteiger charge is 2.29. The molecule has 0 amide bonds. The summed E-state index contributed by atoms with van der Waals surface area (Å²) in [6.07, 6.45) is 4.33. The highest BCUT2D eigenvalue weighted by Crippen LogP contribution is 2.22. The molecule has 102 valence electrons. The molecular weight excluding hydrogens is 246 g/mol. The Morgan fingerprint density at radius 1 is 1.58 bits per heavy atom. The number of aliphatic carboxylic acids is 1. The van der Waals surface area contributed by atoms with Gasteiger partial charge in [0.1, 0.15) is 0 Å². The molecule has 0 fully saturated rings. The summed E-state index contributed by atoms with van der Waals surface area (Å²) in [7, 11) is 0. The van der Waals surface area contributed by atoms with Crippen molar-refractivity contribution in [2.45, 2.75) is 26.4 Å². The number of nitrogens with one attached hydrogen (secondary N) is 1. The quantitative estimate of drug-likeness (QED) is 0.703. The molecule has 0 aromatic carbocycles. The molecular formula is C13H17N3O3. The first kappa shape index (κ1) is 13.5. The Balaban J connectivity index is 2.07. The Hall–Kier alpha value is -1.95. The van der Waals surface area contributed by atoms with E-state index in [-0.39, 0.29) is 11.8 Å². The van der Waals surface area contributed by atoms with Crippen LogP contribution in [-0.2, 0) is 9.53 Å². The van der Waals surface area contributed by atoms with Gasteiger partial charge in [0, 0.05) is 18.3 Å². The molecule has 0 saturated carbocycles. The average Bonchev–Trinajstić information content (AvgIpc) is 2.73. The van der Waals surface area contributed by atoms with Crippen LogP contribution in [0.4, 0.5) is 0 Å². The second-order valence-electron chi connectivity index (χ2n) is 4.51. The van der Waals surface area contributed by atoms with E-state index >= 15 is 0 Å². The number of carbonyl (C=O) groups is 1. The molecule has 2 aliphatic heterocycles. The van der Waals surface area contributed by atoms with E-state index in [9.17, 15) is 4.79 Å². The lowest BCUT2D eigenvalue weighted by Crippen LogP contribution is -2.29. The van der Waals surface area contributed by atoms with Crippen LogP contribution in [0.15, 0.2) is 33.5 Å². The van der Waals surface area contributed by atoms with Crippen molar-refractivity contribution in [3.8, 4) is 0 Å². The predicted molar refractivity (Wildman–Crippen MR) is 72.4 cm³/mol. The Kier molecular flexibility index (Phi) is 4.11. The Morgan fingerprint density at radius 2 is 2.37 bits per heavy atom. The fourth-order valence-electron chi connectivity index (χ4n) is 1.89. The molecule has 0 aromatic rings. The minimum absolute atomic E-state index is 0.0296. The molecule has 0 saturated heterocycles. The lowest BCUT2D eigenvalue weighted by atomic mass is 10.1. The number of hydrogen-bond acceptors (Lipinski definition) is 5. The van der Waals surface area contributed by atoms with Gasteiger partial charge in [0.15, 0.2) is 11.5 Å². The van der Waals surface area contributed by atoms with E-state index < -0.39 is 5.97 Å². The van der Waals surface area contributed by atoms with Crippen LogP contribution in [0.3, 0.4) is 0 Å². The smallest absolute Gasteiger partial charge is 0.356 e. The number of ether oxygens (including phenoxy) is 1. The zero-order chi connectivity index (χ0) is 13.8. The van der Waals surface area contributed by atoms with Gasteiger partial charge in [-0.1, -0.05) is 6.08 Å². The predicted octanol–water partition coefficient (Wildman–Crippen LogP) is 1.11. The van der Waals surface area contributed by atoms with E-state index in [2.05, 4.69) is 15.3 Å². The molecule has 0 bridgehead atoms. The van der Waals surface area contributed by atoms with Crippen molar-refractivity contribution >= 4 is 17.5 Å². The van der Waals surface area contributed by atoms with E-state index in [1.165, 1.54) is 0 Å². The van der Waals surface area contributed by atoms with Gasteiger partial charge in [-0.05, 0) is 20.3 Å². The fourth-order valence-corrected chi connectivity index (χ4v) is 1.89. The summed E-state index contributed by atoms with van der Waals surface area (Å²) in [4.78, 5) is 19.3. The molecule has 6 heteroatoms. The third-order valence-corrected chi connectivity index (χ3v) is 2.71. The van der Waals surface area contributed by atoms with Crippen LogP contribution in [0.25, 0.3) is 0 Å². The number of aliphatic imine (C=N–C) groups is 2. The second kappa shape index (κ2) is 5.79. The molecule has 0 unspecified atom stereocenters. The van der Waals surface area contributed by atoms with Gasteiger partial charge in [0.2, 0.25) is 0 Å². The van der Waals surface area contributed by atoms with Crippen molar-refractivity contribution in [1.29, 1.82) is 0 Å². The van der Waals surface area contributed by atoms with Crippen molar-refractivity contribution in [1.82, 2.24) is 5.32 Å². The first-order chi connectivity index (χ1) is 9.09. The Bertz CT molecular complexity index is 501. The summed E-state index contributed by atoms with van der Waals surface area (Å²) in [6, 6.07) is 0. The SMILES string of the molecule is CC(C)OCCNC1=C2CC=CN=C2N=C1C(=O)O. The highest BCUT2D eigenvalue weighted by atomic mass is 16.5. The standard InChI is InChI=1S/C13H17N3O3/c1-8(2)19-7-6-14-10-9-4-3-5-15-12(9)16-11(10)13(17)18/h3,5,8,14H,4,6-7H2,1-2H3,(H,17,18). The molecule has 2 aliphatic rings. The second-order valence-corrected chi connectivity index (χ2v) is 4.51. The third-order valence-electron chi connectivity index (χ3n) is 2.71. The molecule has 0 atom stereocenters. The van der Waals surface area contributed by atoms with Crippen molar-refractivity contribution in [3.05, 3.63) is 23.5 Å². The van der Waals surface area contributed by atoms with Gasteiger partial charge in [0.05, 0.1) is 18.4 Å². The Morgan fingerprint density at radius 3 is 3.05 bits per heavy atom. The molecule has 0 radical (unpaired) electrons. The van der Waals surface area contributed by atoms with Gasteiger partial charge in [-0.15, -0.1) is 0 Å². The topological polar surface area (TPSA) is 83.3 Å². The van der Waals surface area contributed by atoms with Crippen LogP contribution in [0.1, 0.15) is 20.3 Å². The van der Waals surface area contributed by atoms with E-state index in [1.54, 1.807) is 6.20 Å². The van der Waals surface area contributed by atoms with E-state index in [1.807, 2.05) is 19.9 Å². The van der Waals surface area contributed by atoms with Crippen molar-refractivity contribution in [2.75, 3.05) is 13.2 Å². The van der Waals surface area contributed by atoms with Crippen LogP contribution in [0.2, 0.25) is 0 Å². The number of hydrogen-bond donors (Lipinski definition) is 2. The molecule has 0 aliphatic carbocycles. The van der Waals surface area contributed by atoms with Crippen molar-refractivity contribution < 1.29 is 14.6 Å². The van der Waals surface area contributed by atoms with Crippen LogP contribution in [-0.4, -0.2) is 41.9 Å². The van der Waals surface area contributed by atoms with Crippen molar-refractivity contribution in [2.24, 2.45) is 9.98 Å². The maximum Gasteiger partial charge on any atom is 0.356 e. The largest absolute Gasteiger partial charge is 0.476 e. The highest BCUT2D eigenvalue weighted by molar-refractivity contribution is 6.47. The molecule has 2 N–H and O–H groups in total. The summed E-state index contributed by atoms with van der Waals surface area (Å²) in [5.74, 6) is -0.552. The average molecular weight is 263 g/mol. The molecule has 0 spiro atoms. The summed E-state index contributed by atoms with van der Waals surface area (Å²) in [5, 5.41) is 12.3. The van der Waals surface area contributed by atoms with Gasteiger partial charge in [-0.25, -0.2) is 14.8 Å². The maximum atomic E-state index is 11.2. The number of amidine groups is 1. The van der Waals surface area contributed by atoms with E-state index in [4.69, 9.17) is 9.84 Å². The van der Waals surface area contributed by atoms with Gasteiger partial charge < -0.3 is 15.2 Å². The number of fused-ring (bicyclic) bond motifs is 1. The van der Waals surface area contributed by atoms with Gasteiger partial charge >= 0.3 is 5.97 Å². The van der Waals surface area contributed by atoms with Gasteiger partial charge in [-0.2, -0.15) is 0 Å². The molecule has 2 rings (SSSR count). The minimum atomic E-state index is -1.04. The number of carboxylic acid groups (broad SMARTS) is 1. The lowest BCUT2D eigenvalue weighted by molar-refractivity contribution is -0.129. The maximum absolute atomic E-state index is 11.2. The van der Waals surface area contributed by atoms with Gasteiger partial charge in [-0.3, -0.25) is 0 Å². The Labute approximate surface area is 111 Å². The molecule has 19 heavy (non-hydrogen) atoms. The first-order valence-electron chi connectivity index (χ1n) is 6.23. The van der Waals surface area contributed by atoms with Crippen LogP contribution < -0.4 is 5.32 Å². The molecule has 2 heterocycles. The summed E-state index contributed by atoms with van der Waals surface area (Å²) in [5.41, 5.74) is 1.43. The summed E-state index contributed by atoms with van der Waals surface area (Å²) >= 11 is 0. The van der Waals surface area contributed by atoms with Crippen LogP contribution in [0.5, 0.6) is 0 Å². The zero-order valence-corrected chi connectivity index (χ0v) is 11.0. The normalized spacial score (nSPS) is 17.4. The number of nitrogens with zero attached hydrogens (tertiary/aromatic N) is 2. The lowest BCUT2D eigenvalue weighted by Gasteiger charge is -2.12. The monoisotopic (exact) mass is 263 g/mol. The summed E-state index contributed by atoms with van der Waals surface area (Å²) < 4.78 is 5.42. The zero-order valence-electron chi connectivity index (χ0n) is 11.0. The molecule has 6 nitrogen and oxygen atoms in total. The molecule has 0 aromatic heterocycles. The number of rotatable bonds is 6. The van der Waals surface area contributed by atoms with E-state index in [0.29, 0.717) is 31.1 Å². The van der Waals surface area contributed by atoms with Crippen LogP contribution in [0, 0.1) is 0 Å². The van der Waals surface area contributed by atoms with E-state index in [0.717, 1.165) is 5.57 Å². The third kappa shape index (κ3) is 3.08. The number of carboxylic acids is 1. The number of allylic oxidation sites excluding steroid dienone is 1. The van der Waals surface area contributed by atoms with Gasteiger partial charge in [0.25, 0.3) is 0 Å². The fraction of sp³-hybridized carbons (Fsp3) is 0.462. The first-order valence-corrected chi connectivity index (χ1v) is 6.23. The van der Waals surface area contributed by atoms with Crippen LogP contribution >= 0.6 is 0 Å². The minimum Gasteiger partial charge on any atom is -0.476 e.